The first-order chi connectivity index (χ1) is 9.06. The molecule has 0 aromatic heterocycles. The second-order valence-corrected chi connectivity index (χ2v) is 4.99. The lowest BCUT2D eigenvalue weighted by Crippen LogP contribution is -2.13. The van der Waals surface area contributed by atoms with Crippen LogP contribution in [0, 0.1) is 11.6 Å². The summed E-state index contributed by atoms with van der Waals surface area (Å²) in [6, 6.07) is 10.1. The van der Waals surface area contributed by atoms with Crippen molar-refractivity contribution >= 4 is 21.6 Å². The molecule has 0 bridgehead atoms. The molecule has 0 amide bonds. The Bertz CT molecular complexity index is 560. The van der Waals surface area contributed by atoms with Gasteiger partial charge in [-0.25, -0.2) is 8.78 Å². The van der Waals surface area contributed by atoms with E-state index >= 15 is 0 Å². The molecule has 1 atom stereocenters. The summed E-state index contributed by atoms with van der Waals surface area (Å²) in [6.07, 6.45) is -0.834. The Hall–Kier alpha value is -1.46. The average Bonchev–Trinajstić information content (AvgIpc) is 2.40. The van der Waals surface area contributed by atoms with Crippen LogP contribution in [0.25, 0.3) is 0 Å². The number of benzene rings is 2. The van der Waals surface area contributed by atoms with Gasteiger partial charge in [0.2, 0.25) is 0 Å². The summed E-state index contributed by atoms with van der Waals surface area (Å²) >= 11 is 3.25. The molecular weight excluding hydrogens is 316 g/mol. The number of nitrogens with one attached hydrogen (secondary N) is 1. The molecule has 2 aromatic rings. The van der Waals surface area contributed by atoms with Crippen LogP contribution in [0.4, 0.5) is 14.5 Å². The first kappa shape index (κ1) is 14.0. The number of hydrogen-bond donors (Lipinski definition) is 2. The summed E-state index contributed by atoms with van der Waals surface area (Å²) in [5.41, 5.74) is 0.875. The Morgan fingerprint density at radius 2 is 1.79 bits per heavy atom. The Morgan fingerprint density at radius 3 is 2.47 bits per heavy atom. The minimum atomic E-state index is -0.834. The van der Waals surface area contributed by atoms with Gasteiger partial charge >= 0.3 is 0 Å². The topological polar surface area (TPSA) is 32.3 Å². The van der Waals surface area contributed by atoms with Gasteiger partial charge < -0.3 is 10.4 Å². The highest BCUT2D eigenvalue weighted by Gasteiger charge is 2.09. The van der Waals surface area contributed by atoms with Crippen molar-refractivity contribution in [3.05, 3.63) is 64.1 Å². The molecule has 0 radical (unpaired) electrons. The number of aliphatic hydroxyl groups is 1. The maximum Gasteiger partial charge on any atom is 0.146 e. The number of anilines is 1. The number of hydrogen-bond acceptors (Lipinski definition) is 2. The van der Waals surface area contributed by atoms with Crippen molar-refractivity contribution in [3.8, 4) is 0 Å². The van der Waals surface area contributed by atoms with Gasteiger partial charge in [0.1, 0.15) is 11.6 Å². The van der Waals surface area contributed by atoms with E-state index in [-0.39, 0.29) is 12.4 Å². The maximum absolute atomic E-state index is 13.5. The molecule has 0 heterocycles. The zero-order chi connectivity index (χ0) is 13.8. The second-order valence-electron chi connectivity index (χ2n) is 4.07. The highest BCUT2D eigenvalue weighted by Crippen LogP contribution is 2.21. The summed E-state index contributed by atoms with van der Waals surface area (Å²) in [7, 11) is 0. The molecule has 0 saturated carbocycles. The van der Waals surface area contributed by atoms with E-state index in [4.69, 9.17) is 0 Å². The predicted molar refractivity (Wildman–Crippen MR) is 73.9 cm³/mol. The molecular formula is C14H12BrF2NO. The first-order valence-electron chi connectivity index (χ1n) is 5.69. The van der Waals surface area contributed by atoms with E-state index in [0.717, 1.165) is 4.47 Å². The Labute approximate surface area is 118 Å². The summed E-state index contributed by atoms with van der Waals surface area (Å²) in [5, 5.41) is 12.7. The summed E-state index contributed by atoms with van der Waals surface area (Å²) in [4.78, 5) is 0. The highest BCUT2D eigenvalue weighted by molar-refractivity contribution is 9.10. The van der Waals surface area contributed by atoms with Crippen molar-refractivity contribution in [3.63, 3.8) is 0 Å². The largest absolute Gasteiger partial charge is 0.387 e. The molecule has 5 heteroatoms. The molecule has 2 aromatic carbocycles. The molecule has 2 N–H and O–H groups in total. The number of rotatable bonds is 4. The molecule has 0 spiro atoms. The lowest BCUT2D eigenvalue weighted by Gasteiger charge is -2.14. The Kier molecular flexibility index (Phi) is 4.50. The van der Waals surface area contributed by atoms with Crippen molar-refractivity contribution in [2.45, 2.75) is 6.10 Å². The van der Waals surface area contributed by atoms with Gasteiger partial charge in [-0.3, -0.25) is 0 Å². The van der Waals surface area contributed by atoms with Crippen molar-refractivity contribution in [2.75, 3.05) is 11.9 Å². The quantitative estimate of drug-likeness (QED) is 0.893. The van der Waals surface area contributed by atoms with Gasteiger partial charge in [0.05, 0.1) is 11.8 Å². The molecule has 19 heavy (non-hydrogen) atoms. The van der Waals surface area contributed by atoms with E-state index in [2.05, 4.69) is 21.2 Å². The smallest absolute Gasteiger partial charge is 0.146 e. The molecule has 0 saturated heterocycles. The van der Waals surface area contributed by atoms with Crippen LogP contribution in [0.15, 0.2) is 46.9 Å². The SMILES string of the molecule is OC(CNc1cc(Br)ccc1F)c1ccc(F)cc1. The summed E-state index contributed by atoms with van der Waals surface area (Å²) in [6.45, 7) is 0.138. The van der Waals surface area contributed by atoms with Gasteiger partial charge in [0.15, 0.2) is 0 Å². The third-order valence-electron chi connectivity index (χ3n) is 2.67. The van der Waals surface area contributed by atoms with Crippen LogP contribution in [0.2, 0.25) is 0 Å². The molecule has 0 fully saturated rings. The lowest BCUT2D eigenvalue weighted by molar-refractivity contribution is 0.191. The van der Waals surface area contributed by atoms with Gasteiger partial charge in [-0.15, -0.1) is 0 Å². The van der Waals surface area contributed by atoms with Crippen LogP contribution >= 0.6 is 15.9 Å². The van der Waals surface area contributed by atoms with Gasteiger partial charge in [-0.1, -0.05) is 28.1 Å². The third kappa shape index (κ3) is 3.75. The third-order valence-corrected chi connectivity index (χ3v) is 3.16. The summed E-state index contributed by atoms with van der Waals surface area (Å²) < 4.78 is 27.0. The van der Waals surface area contributed by atoms with E-state index in [1.807, 2.05) is 0 Å². The van der Waals surface area contributed by atoms with E-state index in [0.29, 0.717) is 11.3 Å². The van der Waals surface area contributed by atoms with Crippen molar-refractivity contribution in [1.29, 1.82) is 0 Å². The molecule has 2 nitrogen and oxygen atoms in total. The Morgan fingerprint density at radius 1 is 1.11 bits per heavy atom. The molecule has 1 unspecified atom stereocenters. The van der Waals surface area contributed by atoms with Crippen LogP contribution < -0.4 is 5.32 Å². The van der Waals surface area contributed by atoms with Crippen molar-refractivity contribution in [2.24, 2.45) is 0 Å². The molecule has 2 rings (SSSR count). The summed E-state index contributed by atoms with van der Waals surface area (Å²) in [5.74, 6) is -0.753. The van der Waals surface area contributed by atoms with Gasteiger partial charge in [0.25, 0.3) is 0 Å². The minimum absolute atomic E-state index is 0.138. The fourth-order valence-electron chi connectivity index (χ4n) is 1.64. The monoisotopic (exact) mass is 327 g/mol. The van der Waals surface area contributed by atoms with E-state index in [1.54, 1.807) is 12.1 Å². The van der Waals surface area contributed by atoms with Crippen LogP contribution in [0.3, 0.4) is 0 Å². The van der Waals surface area contributed by atoms with E-state index in [9.17, 15) is 13.9 Å². The van der Waals surface area contributed by atoms with Crippen LogP contribution in [0.5, 0.6) is 0 Å². The molecule has 0 aliphatic heterocycles. The first-order valence-corrected chi connectivity index (χ1v) is 6.48. The molecule has 0 aliphatic carbocycles. The predicted octanol–water partition coefficient (Wildman–Crippen LogP) is 3.87. The van der Waals surface area contributed by atoms with Crippen LogP contribution in [-0.2, 0) is 0 Å². The maximum atomic E-state index is 13.5. The zero-order valence-electron chi connectivity index (χ0n) is 9.91. The van der Waals surface area contributed by atoms with Gasteiger partial charge in [-0.2, -0.15) is 0 Å². The van der Waals surface area contributed by atoms with Gasteiger partial charge in [-0.05, 0) is 35.9 Å². The van der Waals surface area contributed by atoms with E-state index in [1.165, 1.54) is 30.3 Å². The minimum Gasteiger partial charge on any atom is -0.387 e. The fraction of sp³-hybridized carbons (Fsp3) is 0.143. The number of halogens is 3. The normalized spacial score (nSPS) is 12.2. The standard InChI is InChI=1S/C14H12BrF2NO/c15-10-3-6-12(17)13(7-10)18-8-14(19)9-1-4-11(16)5-2-9/h1-7,14,18-19H,8H2. The van der Waals surface area contributed by atoms with Crippen molar-refractivity contribution in [1.82, 2.24) is 0 Å². The Balaban J connectivity index is 2.02. The second kappa shape index (κ2) is 6.12. The van der Waals surface area contributed by atoms with Crippen LogP contribution in [0.1, 0.15) is 11.7 Å². The highest BCUT2D eigenvalue weighted by atomic mass is 79.9. The fourth-order valence-corrected chi connectivity index (χ4v) is 2.00. The van der Waals surface area contributed by atoms with E-state index < -0.39 is 11.9 Å². The molecule has 100 valence electrons. The lowest BCUT2D eigenvalue weighted by atomic mass is 10.1. The van der Waals surface area contributed by atoms with Crippen LogP contribution in [-0.4, -0.2) is 11.7 Å². The zero-order valence-corrected chi connectivity index (χ0v) is 11.5. The number of aliphatic hydroxyl groups excluding tert-OH is 1. The molecule has 0 aliphatic rings. The average molecular weight is 328 g/mol. The van der Waals surface area contributed by atoms with Crippen molar-refractivity contribution < 1.29 is 13.9 Å². The van der Waals surface area contributed by atoms with Gasteiger partial charge in [0, 0.05) is 11.0 Å².